The van der Waals surface area contributed by atoms with Crippen molar-refractivity contribution in [2.75, 3.05) is 36.0 Å². The van der Waals surface area contributed by atoms with Crippen LogP contribution in [0.5, 0.6) is 0 Å². The molecule has 0 saturated carbocycles. The number of carbonyl (C=O) groups excluding carboxylic acids is 1. The molecule has 0 atom stereocenters. The van der Waals surface area contributed by atoms with E-state index in [2.05, 4.69) is 49.7 Å². The number of hydrogen-bond donors (Lipinski definition) is 0. The van der Waals surface area contributed by atoms with E-state index in [1.807, 2.05) is 65.3 Å². The van der Waals surface area contributed by atoms with E-state index < -0.39 is 0 Å². The number of thiophene rings is 1. The minimum Gasteiger partial charge on any atom is -0.368 e. The summed E-state index contributed by atoms with van der Waals surface area (Å²) in [4.78, 5) is 24.4. The Kier molecular flexibility index (Phi) is 8.47. The SMILES string of the molecule is N#Cc1ccc(Cn2cncc2CN(Cc2cccc(F)c2)c2ccc(N3CCN(C(=O)c4cccs4)CC3)cc2)cc1. The summed E-state index contributed by atoms with van der Waals surface area (Å²) in [5.41, 5.74) is 5.75. The standard InChI is InChI=1S/C34H31FN6OS/c35-29-4-1-3-28(19-29)23-40(24-32-21-37-25-41(32)22-27-8-6-26(20-36)7-9-27)31-12-10-30(11-13-31)38-14-16-39(17-15-38)34(42)33-5-2-18-43-33/h1-13,18-19,21,25H,14-17,22-24H2. The number of amides is 1. The Hall–Kier alpha value is -4.94. The molecule has 7 nitrogen and oxygen atoms in total. The summed E-state index contributed by atoms with van der Waals surface area (Å²) in [6.07, 6.45) is 3.69. The molecule has 0 radical (unpaired) electrons. The van der Waals surface area contributed by atoms with Crippen LogP contribution in [0.25, 0.3) is 0 Å². The molecule has 2 aromatic heterocycles. The van der Waals surface area contributed by atoms with Gasteiger partial charge in [-0.2, -0.15) is 5.26 Å². The zero-order valence-corrected chi connectivity index (χ0v) is 24.5. The number of imidazole rings is 1. The van der Waals surface area contributed by atoms with E-state index >= 15 is 0 Å². The van der Waals surface area contributed by atoms with Crippen molar-refractivity contribution in [3.05, 3.63) is 136 Å². The molecule has 1 fully saturated rings. The van der Waals surface area contributed by atoms with Crippen molar-refractivity contribution in [1.82, 2.24) is 14.5 Å². The number of nitriles is 1. The molecule has 216 valence electrons. The molecule has 1 aliphatic rings. The highest BCUT2D eigenvalue weighted by atomic mass is 32.1. The third-order valence-corrected chi connectivity index (χ3v) is 8.59. The number of rotatable bonds is 9. The van der Waals surface area contributed by atoms with Crippen LogP contribution in [-0.4, -0.2) is 46.5 Å². The van der Waals surface area contributed by atoms with Gasteiger partial charge < -0.3 is 19.3 Å². The van der Waals surface area contributed by atoms with E-state index in [0.29, 0.717) is 38.3 Å². The van der Waals surface area contributed by atoms with E-state index in [1.165, 1.54) is 17.4 Å². The molecule has 0 N–H and O–H groups in total. The fourth-order valence-electron chi connectivity index (χ4n) is 5.39. The first kappa shape index (κ1) is 28.2. The summed E-state index contributed by atoms with van der Waals surface area (Å²) >= 11 is 1.48. The zero-order chi connectivity index (χ0) is 29.6. The van der Waals surface area contributed by atoms with Crippen LogP contribution in [0.3, 0.4) is 0 Å². The molecule has 0 unspecified atom stereocenters. The molecule has 0 spiro atoms. The van der Waals surface area contributed by atoms with Crippen LogP contribution in [0, 0.1) is 17.1 Å². The highest BCUT2D eigenvalue weighted by Crippen LogP contribution is 2.26. The van der Waals surface area contributed by atoms with Crippen molar-refractivity contribution in [1.29, 1.82) is 5.26 Å². The van der Waals surface area contributed by atoms with Gasteiger partial charge in [0.15, 0.2) is 0 Å². The maximum Gasteiger partial charge on any atom is 0.264 e. The largest absolute Gasteiger partial charge is 0.368 e. The van der Waals surface area contributed by atoms with Crippen LogP contribution in [0.15, 0.2) is 103 Å². The van der Waals surface area contributed by atoms with E-state index in [4.69, 9.17) is 5.26 Å². The summed E-state index contributed by atoms with van der Waals surface area (Å²) in [6.45, 7) is 4.67. The fourth-order valence-corrected chi connectivity index (χ4v) is 6.08. The number of carbonyl (C=O) groups is 1. The maximum absolute atomic E-state index is 14.1. The van der Waals surface area contributed by atoms with E-state index in [9.17, 15) is 9.18 Å². The summed E-state index contributed by atoms with van der Waals surface area (Å²) in [7, 11) is 0. The minimum atomic E-state index is -0.254. The van der Waals surface area contributed by atoms with Crippen LogP contribution < -0.4 is 9.80 Å². The van der Waals surface area contributed by atoms with Crippen LogP contribution in [-0.2, 0) is 19.6 Å². The maximum atomic E-state index is 14.1. The molecule has 0 aliphatic carbocycles. The highest BCUT2D eigenvalue weighted by molar-refractivity contribution is 7.12. The lowest BCUT2D eigenvalue weighted by Crippen LogP contribution is -2.48. The van der Waals surface area contributed by atoms with E-state index in [1.54, 1.807) is 12.1 Å². The van der Waals surface area contributed by atoms with Crippen molar-refractivity contribution in [2.24, 2.45) is 0 Å². The second kappa shape index (κ2) is 12.9. The van der Waals surface area contributed by atoms with Gasteiger partial charge in [0, 0.05) is 56.8 Å². The lowest BCUT2D eigenvalue weighted by molar-refractivity contribution is 0.0751. The Balaban J connectivity index is 1.17. The van der Waals surface area contributed by atoms with Gasteiger partial charge in [-0.25, -0.2) is 9.37 Å². The Morgan fingerprint density at radius 2 is 1.72 bits per heavy atom. The second-order valence-electron chi connectivity index (χ2n) is 10.6. The van der Waals surface area contributed by atoms with Gasteiger partial charge in [0.25, 0.3) is 5.91 Å². The number of piperazine rings is 1. The molecule has 1 saturated heterocycles. The monoisotopic (exact) mass is 590 g/mol. The predicted octanol–water partition coefficient (Wildman–Crippen LogP) is 6.17. The lowest BCUT2D eigenvalue weighted by Gasteiger charge is -2.36. The van der Waals surface area contributed by atoms with Gasteiger partial charge in [0.1, 0.15) is 5.82 Å². The number of nitrogens with zero attached hydrogens (tertiary/aromatic N) is 6. The molecule has 9 heteroatoms. The Morgan fingerprint density at radius 1 is 0.930 bits per heavy atom. The van der Waals surface area contributed by atoms with Crippen molar-refractivity contribution in [3.63, 3.8) is 0 Å². The molecular formula is C34H31FN6OS. The third-order valence-electron chi connectivity index (χ3n) is 7.73. The van der Waals surface area contributed by atoms with Gasteiger partial charge in [0.2, 0.25) is 0 Å². The van der Waals surface area contributed by atoms with Gasteiger partial charge in [-0.05, 0) is 71.1 Å². The van der Waals surface area contributed by atoms with Crippen molar-refractivity contribution >= 4 is 28.6 Å². The summed E-state index contributed by atoms with van der Waals surface area (Å²) in [6, 6.07) is 28.7. The zero-order valence-electron chi connectivity index (χ0n) is 23.6. The van der Waals surface area contributed by atoms with Gasteiger partial charge in [-0.15, -0.1) is 11.3 Å². The first-order chi connectivity index (χ1) is 21.1. The predicted molar refractivity (Wildman–Crippen MR) is 168 cm³/mol. The first-order valence-electron chi connectivity index (χ1n) is 14.2. The number of anilines is 2. The first-order valence-corrected chi connectivity index (χ1v) is 15.1. The van der Waals surface area contributed by atoms with Gasteiger partial charge >= 0.3 is 0 Å². The van der Waals surface area contributed by atoms with Gasteiger partial charge in [0.05, 0.1) is 35.1 Å². The van der Waals surface area contributed by atoms with E-state index in [-0.39, 0.29) is 11.7 Å². The highest BCUT2D eigenvalue weighted by Gasteiger charge is 2.23. The molecule has 5 aromatic rings. The average molecular weight is 591 g/mol. The number of halogens is 1. The summed E-state index contributed by atoms with van der Waals surface area (Å²) in [5.74, 6) is -0.147. The van der Waals surface area contributed by atoms with Crippen molar-refractivity contribution < 1.29 is 9.18 Å². The normalized spacial score (nSPS) is 13.1. The van der Waals surface area contributed by atoms with Crippen molar-refractivity contribution in [3.8, 4) is 6.07 Å². The van der Waals surface area contributed by atoms with Gasteiger partial charge in [-0.3, -0.25) is 4.79 Å². The van der Waals surface area contributed by atoms with Crippen LogP contribution in [0.2, 0.25) is 0 Å². The molecule has 1 aliphatic heterocycles. The van der Waals surface area contributed by atoms with E-state index in [0.717, 1.165) is 46.2 Å². The lowest BCUT2D eigenvalue weighted by atomic mass is 10.1. The van der Waals surface area contributed by atoms with Crippen molar-refractivity contribution in [2.45, 2.75) is 19.6 Å². The summed E-state index contributed by atoms with van der Waals surface area (Å²) < 4.78 is 16.2. The molecular weight excluding hydrogens is 559 g/mol. The second-order valence-corrected chi connectivity index (χ2v) is 11.5. The van der Waals surface area contributed by atoms with Crippen LogP contribution >= 0.6 is 11.3 Å². The number of aromatic nitrogens is 2. The summed E-state index contributed by atoms with van der Waals surface area (Å²) in [5, 5.41) is 11.1. The smallest absolute Gasteiger partial charge is 0.264 e. The molecule has 0 bridgehead atoms. The van der Waals surface area contributed by atoms with Crippen LogP contribution in [0.4, 0.5) is 15.8 Å². The Morgan fingerprint density at radius 3 is 2.42 bits per heavy atom. The van der Waals surface area contributed by atoms with Gasteiger partial charge in [-0.1, -0.05) is 30.3 Å². The number of benzene rings is 3. The minimum absolute atomic E-state index is 0.108. The molecule has 3 aromatic carbocycles. The topological polar surface area (TPSA) is 68.4 Å². The molecule has 6 rings (SSSR count). The molecule has 43 heavy (non-hydrogen) atoms. The molecule has 3 heterocycles. The quantitative estimate of drug-likeness (QED) is 0.205. The van der Waals surface area contributed by atoms with Crippen LogP contribution in [0.1, 0.15) is 32.1 Å². The number of hydrogen-bond acceptors (Lipinski definition) is 6. The average Bonchev–Trinajstić information content (AvgIpc) is 3.74. The Bertz CT molecular complexity index is 1700. The fraction of sp³-hybridized carbons (Fsp3) is 0.206. The third kappa shape index (κ3) is 6.76. The molecule has 1 amide bonds. The Labute approximate surface area is 254 Å².